The summed E-state index contributed by atoms with van der Waals surface area (Å²) in [5, 5.41) is 16.7. The quantitative estimate of drug-likeness (QED) is 0.912. The van der Waals surface area contributed by atoms with E-state index in [1.54, 1.807) is 6.20 Å². The number of hydrogen-bond donors (Lipinski definition) is 1. The molecule has 0 amide bonds. The molecule has 5 nitrogen and oxygen atoms in total. The monoisotopic (exact) mass is 273 g/mol. The average molecular weight is 273 g/mol. The zero-order chi connectivity index (χ0) is 13.7. The third-order valence-electron chi connectivity index (χ3n) is 5.50. The Balaban J connectivity index is 1.62. The molecule has 1 aromatic heterocycles. The van der Waals surface area contributed by atoms with Gasteiger partial charge in [-0.2, -0.15) is 5.10 Å². The Kier molecular flexibility index (Phi) is 2.75. The fourth-order valence-electron chi connectivity index (χ4n) is 5.13. The molecule has 1 heterocycles. The van der Waals surface area contributed by atoms with Crippen LogP contribution in [0.1, 0.15) is 49.5 Å². The first-order chi connectivity index (χ1) is 9.69. The molecule has 4 saturated carbocycles. The molecule has 4 bridgehead atoms. The van der Waals surface area contributed by atoms with Gasteiger partial charge in [0.25, 0.3) is 0 Å². The van der Waals surface area contributed by atoms with E-state index in [0.29, 0.717) is 11.7 Å². The van der Waals surface area contributed by atoms with Crippen LogP contribution in [0.15, 0.2) is 6.20 Å². The second-order valence-corrected chi connectivity index (χ2v) is 6.82. The van der Waals surface area contributed by atoms with Crippen LogP contribution in [-0.4, -0.2) is 26.3 Å². The van der Waals surface area contributed by atoms with Crippen molar-refractivity contribution in [3.63, 3.8) is 0 Å². The molecular weight excluding hydrogens is 254 g/mol. The second kappa shape index (κ2) is 4.50. The molecule has 0 aliphatic heterocycles. The first-order valence-electron chi connectivity index (χ1n) is 7.59. The summed E-state index contributed by atoms with van der Waals surface area (Å²) in [6.07, 6.45) is 8.39. The molecule has 0 aromatic carbocycles. The summed E-state index contributed by atoms with van der Waals surface area (Å²) in [4.78, 5) is 15.3. The van der Waals surface area contributed by atoms with E-state index >= 15 is 0 Å². The molecular formula is C15H19N3O2. The molecule has 0 spiro atoms. The van der Waals surface area contributed by atoms with E-state index < -0.39 is 5.97 Å². The van der Waals surface area contributed by atoms with Gasteiger partial charge in [0.2, 0.25) is 0 Å². The Hall–Kier alpha value is -1.52. The Morgan fingerprint density at radius 2 is 1.80 bits per heavy atom. The molecule has 5 rings (SSSR count). The zero-order valence-corrected chi connectivity index (χ0v) is 11.4. The number of rotatable bonds is 3. The zero-order valence-electron chi connectivity index (χ0n) is 11.4. The van der Waals surface area contributed by atoms with Crippen LogP contribution in [0, 0.1) is 23.7 Å². The Bertz CT molecular complexity index is 518. The SMILES string of the molecule is O=C(O)Cc1nncc(C2C3CC4CC(C3)CC2C4)n1. The van der Waals surface area contributed by atoms with Crippen molar-refractivity contribution in [1.82, 2.24) is 15.2 Å². The number of nitrogens with zero attached hydrogens (tertiary/aromatic N) is 3. The van der Waals surface area contributed by atoms with Gasteiger partial charge in [0.1, 0.15) is 6.42 Å². The van der Waals surface area contributed by atoms with Crippen molar-refractivity contribution in [2.24, 2.45) is 23.7 Å². The minimum atomic E-state index is -0.894. The van der Waals surface area contributed by atoms with Gasteiger partial charge >= 0.3 is 5.97 Å². The van der Waals surface area contributed by atoms with E-state index in [4.69, 9.17) is 5.11 Å². The maximum Gasteiger partial charge on any atom is 0.311 e. The fraction of sp³-hybridized carbons (Fsp3) is 0.733. The van der Waals surface area contributed by atoms with Gasteiger partial charge in [-0.3, -0.25) is 4.79 Å². The van der Waals surface area contributed by atoms with E-state index in [9.17, 15) is 4.79 Å². The molecule has 4 aliphatic carbocycles. The van der Waals surface area contributed by atoms with Gasteiger partial charge in [0.15, 0.2) is 5.82 Å². The smallest absolute Gasteiger partial charge is 0.311 e. The second-order valence-electron chi connectivity index (χ2n) is 6.82. The van der Waals surface area contributed by atoms with Crippen molar-refractivity contribution in [3.05, 3.63) is 17.7 Å². The molecule has 1 aromatic rings. The van der Waals surface area contributed by atoms with Crippen molar-refractivity contribution >= 4 is 5.97 Å². The average Bonchev–Trinajstić information content (AvgIpc) is 2.37. The molecule has 0 atom stereocenters. The lowest BCUT2D eigenvalue weighted by Crippen LogP contribution is -2.44. The predicted molar refractivity (Wildman–Crippen MR) is 71.0 cm³/mol. The number of carboxylic acids is 1. The van der Waals surface area contributed by atoms with Gasteiger partial charge in [-0.25, -0.2) is 4.98 Å². The first kappa shape index (κ1) is 12.2. The van der Waals surface area contributed by atoms with Crippen LogP contribution in [0.2, 0.25) is 0 Å². The Morgan fingerprint density at radius 1 is 1.15 bits per heavy atom. The summed E-state index contributed by atoms with van der Waals surface area (Å²) < 4.78 is 0. The topological polar surface area (TPSA) is 76.0 Å². The summed E-state index contributed by atoms with van der Waals surface area (Å²) in [5.41, 5.74) is 0.991. The lowest BCUT2D eigenvalue weighted by atomic mass is 9.51. The van der Waals surface area contributed by atoms with Gasteiger partial charge in [0.05, 0.1) is 11.9 Å². The molecule has 4 fully saturated rings. The molecule has 0 unspecified atom stereocenters. The highest BCUT2D eigenvalue weighted by molar-refractivity contribution is 5.68. The molecule has 1 N–H and O–H groups in total. The Morgan fingerprint density at radius 3 is 2.40 bits per heavy atom. The van der Waals surface area contributed by atoms with Gasteiger partial charge < -0.3 is 5.11 Å². The highest BCUT2D eigenvalue weighted by atomic mass is 16.4. The van der Waals surface area contributed by atoms with Crippen molar-refractivity contribution in [2.75, 3.05) is 0 Å². The van der Waals surface area contributed by atoms with Crippen LogP contribution in [0.3, 0.4) is 0 Å². The molecule has 4 aliphatic rings. The van der Waals surface area contributed by atoms with Crippen LogP contribution in [0.25, 0.3) is 0 Å². The first-order valence-corrected chi connectivity index (χ1v) is 7.59. The minimum absolute atomic E-state index is 0.131. The van der Waals surface area contributed by atoms with Crippen LogP contribution in [-0.2, 0) is 11.2 Å². The number of hydrogen-bond acceptors (Lipinski definition) is 4. The summed E-state index contributed by atoms with van der Waals surface area (Å²) >= 11 is 0. The predicted octanol–water partition coefficient (Wildman–Crippen LogP) is 2.04. The Labute approximate surface area is 117 Å². The number of carbonyl (C=O) groups is 1. The molecule has 0 saturated heterocycles. The fourth-order valence-corrected chi connectivity index (χ4v) is 5.13. The van der Waals surface area contributed by atoms with E-state index in [0.717, 1.165) is 29.4 Å². The highest BCUT2D eigenvalue weighted by Crippen LogP contribution is 2.59. The van der Waals surface area contributed by atoms with Crippen molar-refractivity contribution in [3.8, 4) is 0 Å². The van der Waals surface area contributed by atoms with E-state index in [1.165, 1.54) is 32.1 Å². The lowest BCUT2D eigenvalue weighted by molar-refractivity contribution is -0.136. The normalized spacial score (nSPS) is 38.1. The van der Waals surface area contributed by atoms with Crippen LogP contribution in [0.4, 0.5) is 0 Å². The summed E-state index contributed by atoms with van der Waals surface area (Å²) in [7, 11) is 0. The maximum atomic E-state index is 10.8. The third kappa shape index (κ3) is 2.00. The molecule has 106 valence electrons. The highest BCUT2D eigenvalue weighted by Gasteiger charge is 2.49. The van der Waals surface area contributed by atoms with Gasteiger partial charge in [-0.05, 0) is 55.8 Å². The van der Waals surface area contributed by atoms with Crippen LogP contribution >= 0.6 is 0 Å². The number of carboxylic acid groups (broad SMARTS) is 1. The summed E-state index contributed by atoms with van der Waals surface area (Å²) in [6, 6.07) is 0. The van der Waals surface area contributed by atoms with Gasteiger partial charge in [0, 0.05) is 5.92 Å². The van der Waals surface area contributed by atoms with Crippen molar-refractivity contribution in [2.45, 2.75) is 44.4 Å². The van der Waals surface area contributed by atoms with E-state index in [1.807, 2.05) is 0 Å². The van der Waals surface area contributed by atoms with Crippen LogP contribution in [0.5, 0.6) is 0 Å². The number of aliphatic carboxylic acids is 1. The van der Waals surface area contributed by atoms with E-state index in [2.05, 4.69) is 15.2 Å². The summed E-state index contributed by atoms with van der Waals surface area (Å²) in [5.74, 6) is 3.29. The third-order valence-corrected chi connectivity index (χ3v) is 5.50. The van der Waals surface area contributed by atoms with Crippen molar-refractivity contribution in [1.29, 1.82) is 0 Å². The molecule has 20 heavy (non-hydrogen) atoms. The summed E-state index contributed by atoms with van der Waals surface area (Å²) in [6.45, 7) is 0. The standard InChI is InChI=1S/C15H19N3O2/c19-14(20)6-13-17-12(7-16-18-13)15-10-2-8-1-9(4-10)5-11(15)3-8/h7-11,15H,1-6H2,(H,19,20). The molecule has 0 radical (unpaired) electrons. The number of aromatic nitrogens is 3. The van der Waals surface area contributed by atoms with E-state index in [-0.39, 0.29) is 6.42 Å². The molecule has 5 heteroatoms. The van der Waals surface area contributed by atoms with Crippen molar-refractivity contribution < 1.29 is 9.90 Å². The van der Waals surface area contributed by atoms with Crippen LogP contribution < -0.4 is 0 Å². The lowest BCUT2D eigenvalue weighted by Gasteiger charge is -2.54. The minimum Gasteiger partial charge on any atom is -0.481 e. The largest absolute Gasteiger partial charge is 0.481 e. The maximum absolute atomic E-state index is 10.8. The van der Waals surface area contributed by atoms with Gasteiger partial charge in [-0.15, -0.1) is 5.10 Å². The van der Waals surface area contributed by atoms with Gasteiger partial charge in [-0.1, -0.05) is 0 Å².